The molecule has 120 valence electrons. The third kappa shape index (κ3) is 3.17. The number of rotatable bonds is 4. The van der Waals surface area contributed by atoms with Crippen LogP contribution in [0.1, 0.15) is 37.2 Å². The first-order valence-corrected chi connectivity index (χ1v) is 7.89. The number of nitriles is 1. The molecular weight excluding hydrogens is 292 g/mol. The Hall–Kier alpha value is -2.46. The van der Waals surface area contributed by atoms with E-state index in [2.05, 4.69) is 37.9 Å². The lowest BCUT2D eigenvalue weighted by molar-refractivity contribution is 0.164. The number of anilines is 1. The fraction of sp³-hybridized carbons (Fsp3) is 0.500. The number of aromatic nitrogens is 3. The van der Waals surface area contributed by atoms with Crippen molar-refractivity contribution >= 4 is 5.82 Å². The number of hydrogen-bond acceptors (Lipinski definition) is 7. The summed E-state index contributed by atoms with van der Waals surface area (Å²) in [4.78, 5) is 13.3. The molecule has 1 aliphatic heterocycles. The van der Waals surface area contributed by atoms with Crippen LogP contribution in [0, 0.1) is 11.3 Å². The molecule has 2 aromatic rings. The molecule has 23 heavy (non-hydrogen) atoms. The molecule has 3 rings (SSSR count). The van der Waals surface area contributed by atoms with Gasteiger partial charge >= 0.3 is 0 Å². The lowest BCUT2D eigenvalue weighted by atomic mass is 10.2. The molecular formula is C16H20N6O. The second-order valence-electron chi connectivity index (χ2n) is 5.59. The summed E-state index contributed by atoms with van der Waals surface area (Å²) in [5.41, 5.74) is 0.624. The van der Waals surface area contributed by atoms with Gasteiger partial charge in [-0.1, -0.05) is 12.1 Å². The van der Waals surface area contributed by atoms with Crippen molar-refractivity contribution in [2.45, 2.75) is 26.3 Å². The van der Waals surface area contributed by atoms with E-state index in [0.29, 0.717) is 11.5 Å². The quantitative estimate of drug-likeness (QED) is 0.851. The van der Waals surface area contributed by atoms with E-state index >= 15 is 0 Å². The van der Waals surface area contributed by atoms with Crippen LogP contribution in [0.5, 0.6) is 0 Å². The van der Waals surface area contributed by atoms with Crippen molar-refractivity contribution in [3.8, 4) is 6.07 Å². The summed E-state index contributed by atoms with van der Waals surface area (Å²) < 4.78 is 5.35. The van der Waals surface area contributed by atoms with Gasteiger partial charge in [0.2, 0.25) is 5.89 Å². The zero-order valence-corrected chi connectivity index (χ0v) is 13.4. The highest BCUT2D eigenvalue weighted by Crippen LogP contribution is 2.23. The van der Waals surface area contributed by atoms with Gasteiger partial charge in [0.05, 0.1) is 11.6 Å². The van der Waals surface area contributed by atoms with E-state index in [1.165, 1.54) is 0 Å². The molecule has 2 aromatic heterocycles. The Kier molecular flexibility index (Phi) is 4.53. The predicted molar refractivity (Wildman–Crippen MR) is 84.8 cm³/mol. The second kappa shape index (κ2) is 6.75. The summed E-state index contributed by atoms with van der Waals surface area (Å²) in [5, 5.41) is 13.2. The van der Waals surface area contributed by atoms with E-state index in [4.69, 9.17) is 4.52 Å². The van der Waals surface area contributed by atoms with Gasteiger partial charge in [0.1, 0.15) is 11.9 Å². The van der Waals surface area contributed by atoms with E-state index in [1.807, 2.05) is 13.0 Å². The van der Waals surface area contributed by atoms with Crippen LogP contribution in [-0.2, 0) is 6.42 Å². The SMILES string of the molecule is CCc1noc(C(C)N2CCN(c3ncccc3C#N)CC2)n1. The molecule has 1 aliphatic rings. The molecule has 1 atom stereocenters. The van der Waals surface area contributed by atoms with Crippen molar-refractivity contribution in [3.63, 3.8) is 0 Å². The average Bonchev–Trinajstić information content (AvgIpc) is 3.10. The zero-order valence-electron chi connectivity index (χ0n) is 13.4. The maximum atomic E-state index is 9.21. The molecule has 0 radical (unpaired) electrons. The van der Waals surface area contributed by atoms with E-state index in [0.717, 1.165) is 44.2 Å². The maximum Gasteiger partial charge on any atom is 0.243 e. The summed E-state index contributed by atoms with van der Waals surface area (Å²) in [5.74, 6) is 2.19. The Balaban J connectivity index is 1.65. The van der Waals surface area contributed by atoms with Crippen LogP contribution in [0.4, 0.5) is 5.82 Å². The van der Waals surface area contributed by atoms with E-state index in [-0.39, 0.29) is 6.04 Å². The van der Waals surface area contributed by atoms with Gasteiger partial charge in [0.15, 0.2) is 5.82 Å². The first-order chi connectivity index (χ1) is 11.2. The summed E-state index contributed by atoms with van der Waals surface area (Å²) in [6, 6.07) is 5.91. The van der Waals surface area contributed by atoms with Crippen molar-refractivity contribution in [2.24, 2.45) is 0 Å². The van der Waals surface area contributed by atoms with Gasteiger partial charge in [0.25, 0.3) is 0 Å². The minimum atomic E-state index is 0.101. The molecule has 7 nitrogen and oxygen atoms in total. The van der Waals surface area contributed by atoms with E-state index in [1.54, 1.807) is 12.3 Å². The molecule has 1 saturated heterocycles. The third-order valence-electron chi connectivity index (χ3n) is 4.23. The first-order valence-electron chi connectivity index (χ1n) is 7.89. The van der Waals surface area contributed by atoms with Crippen molar-refractivity contribution < 1.29 is 4.52 Å². The topological polar surface area (TPSA) is 82.1 Å². The highest BCUT2D eigenvalue weighted by molar-refractivity contribution is 5.53. The predicted octanol–water partition coefficient (Wildman–Crippen LogP) is 1.78. The van der Waals surface area contributed by atoms with Gasteiger partial charge in [-0.3, -0.25) is 4.90 Å². The Bertz CT molecular complexity index is 699. The van der Waals surface area contributed by atoms with Crippen LogP contribution in [-0.4, -0.2) is 46.2 Å². The Morgan fingerprint density at radius 3 is 2.78 bits per heavy atom. The summed E-state index contributed by atoms with van der Waals surface area (Å²) in [6.45, 7) is 7.48. The molecule has 0 spiro atoms. The van der Waals surface area contributed by atoms with Crippen LogP contribution in [0.15, 0.2) is 22.9 Å². The molecule has 3 heterocycles. The molecule has 0 bridgehead atoms. The molecule has 0 N–H and O–H groups in total. The van der Waals surface area contributed by atoms with Crippen molar-refractivity contribution in [1.29, 1.82) is 5.26 Å². The molecule has 1 unspecified atom stereocenters. The van der Waals surface area contributed by atoms with Gasteiger partial charge in [-0.15, -0.1) is 0 Å². The van der Waals surface area contributed by atoms with Gasteiger partial charge < -0.3 is 9.42 Å². The van der Waals surface area contributed by atoms with Gasteiger partial charge in [0, 0.05) is 38.8 Å². The molecule has 0 aromatic carbocycles. The third-order valence-corrected chi connectivity index (χ3v) is 4.23. The van der Waals surface area contributed by atoms with Gasteiger partial charge in [-0.2, -0.15) is 10.2 Å². The molecule has 0 amide bonds. The largest absolute Gasteiger partial charge is 0.353 e. The summed E-state index contributed by atoms with van der Waals surface area (Å²) in [7, 11) is 0. The average molecular weight is 312 g/mol. The van der Waals surface area contributed by atoms with Crippen LogP contribution in [0.25, 0.3) is 0 Å². The highest BCUT2D eigenvalue weighted by atomic mass is 16.5. The monoisotopic (exact) mass is 312 g/mol. The summed E-state index contributed by atoms with van der Waals surface area (Å²) >= 11 is 0. The Morgan fingerprint density at radius 1 is 1.35 bits per heavy atom. The molecule has 7 heteroatoms. The Morgan fingerprint density at radius 2 is 2.13 bits per heavy atom. The summed E-state index contributed by atoms with van der Waals surface area (Å²) in [6.07, 6.45) is 2.51. The number of pyridine rings is 1. The van der Waals surface area contributed by atoms with E-state index < -0.39 is 0 Å². The minimum Gasteiger partial charge on any atom is -0.353 e. The smallest absolute Gasteiger partial charge is 0.243 e. The van der Waals surface area contributed by atoms with Crippen molar-refractivity contribution in [2.75, 3.05) is 31.1 Å². The van der Waals surface area contributed by atoms with E-state index in [9.17, 15) is 5.26 Å². The standard InChI is InChI=1S/C16H20N6O/c1-3-14-19-16(23-20-14)12(2)21-7-9-22(10-8-21)15-13(11-17)5-4-6-18-15/h4-6,12H,3,7-10H2,1-2H3. The fourth-order valence-corrected chi connectivity index (χ4v) is 2.79. The molecule has 0 saturated carbocycles. The van der Waals surface area contributed by atoms with Gasteiger partial charge in [-0.25, -0.2) is 4.98 Å². The maximum absolute atomic E-state index is 9.21. The number of nitrogens with zero attached hydrogens (tertiary/aromatic N) is 6. The normalized spacial score (nSPS) is 17.0. The zero-order chi connectivity index (χ0) is 16.2. The molecule has 1 fully saturated rings. The molecule has 0 aliphatic carbocycles. The van der Waals surface area contributed by atoms with Crippen LogP contribution >= 0.6 is 0 Å². The van der Waals surface area contributed by atoms with Crippen molar-refractivity contribution in [3.05, 3.63) is 35.6 Å². The second-order valence-corrected chi connectivity index (χ2v) is 5.59. The van der Waals surface area contributed by atoms with Crippen LogP contribution in [0.2, 0.25) is 0 Å². The lowest BCUT2D eigenvalue weighted by Gasteiger charge is -2.37. The Labute approximate surface area is 135 Å². The lowest BCUT2D eigenvalue weighted by Crippen LogP contribution is -2.47. The van der Waals surface area contributed by atoms with Crippen LogP contribution in [0.3, 0.4) is 0 Å². The fourth-order valence-electron chi connectivity index (χ4n) is 2.79. The van der Waals surface area contributed by atoms with Gasteiger partial charge in [-0.05, 0) is 19.1 Å². The van der Waals surface area contributed by atoms with Crippen LogP contribution < -0.4 is 4.90 Å². The highest BCUT2D eigenvalue weighted by Gasteiger charge is 2.26. The minimum absolute atomic E-state index is 0.101. The number of aryl methyl sites for hydroxylation is 1. The number of hydrogen-bond donors (Lipinski definition) is 0. The van der Waals surface area contributed by atoms with Crippen molar-refractivity contribution in [1.82, 2.24) is 20.0 Å². The first kappa shape index (κ1) is 15.4. The number of piperazine rings is 1.